The van der Waals surface area contributed by atoms with Gasteiger partial charge in [-0.1, -0.05) is 6.58 Å². The molecule has 1 unspecified atom stereocenters. The molecular formula is C10H21N2O+. The first-order chi connectivity index (χ1) is 6.08. The molecule has 0 rings (SSSR count). The number of carbonyl (C=O) groups excluding carboxylic acids is 1. The largest absolute Gasteiger partial charge is 0.330 e. The average Bonchev–Trinajstić information content (AvgIpc) is 2.14. The highest BCUT2D eigenvalue weighted by atomic mass is 16.1. The summed E-state index contributed by atoms with van der Waals surface area (Å²) < 4.78 is 0.766. The highest BCUT2D eigenvalue weighted by Crippen LogP contribution is 2.03. The van der Waals surface area contributed by atoms with Crippen molar-refractivity contribution in [1.29, 1.82) is 0 Å². The van der Waals surface area contributed by atoms with Crippen LogP contribution in [0.1, 0.15) is 13.3 Å². The van der Waals surface area contributed by atoms with E-state index in [0.29, 0.717) is 13.1 Å². The summed E-state index contributed by atoms with van der Waals surface area (Å²) in [5, 5.41) is 0. The Labute approximate surface area is 80.8 Å². The van der Waals surface area contributed by atoms with Gasteiger partial charge in [0.1, 0.15) is 6.54 Å². The third kappa shape index (κ3) is 4.80. The third-order valence-electron chi connectivity index (χ3n) is 2.43. The van der Waals surface area contributed by atoms with Gasteiger partial charge in [0.15, 0.2) is 0 Å². The summed E-state index contributed by atoms with van der Waals surface area (Å²) in [4.78, 5) is 11.2. The number of nitrogens with two attached hydrogens (primary N) is 1. The fraction of sp³-hybridized carbons (Fsp3) is 0.700. The molecule has 76 valence electrons. The van der Waals surface area contributed by atoms with Crippen LogP contribution in [0.5, 0.6) is 0 Å². The van der Waals surface area contributed by atoms with Crippen molar-refractivity contribution in [2.45, 2.75) is 13.3 Å². The molecule has 1 atom stereocenters. The van der Waals surface area contributed by atoms with Gasteiger partial charge in [0.25, 0.3) is 0 Å². The van der Waals surface area contributed by atoms with E-state index in [1.165, 1.54) is 6.08 Å². The lowest BCUT2D eigenvalue weighted by Gasteiger charge is -2.32. The molecular weight excluding hydrogens is 164 g/mol. The van der Waals surface area contributed by atoms with E-state index in [1.807, 2.05) is 0 Å². The Hall–Kier alpha value is -0.670. The standard InChI is InChI=1S/C10H21N2O/c1-4-10(13)9-12(3,5-2)8-6-7-11/h4H,1,5-9,11H2,2-3H3/q+1. The van der Waals surface area contributed by atoms with E-state index in [2.05, 4.69) is 20.6 Å². The van der Waals surface area contributed by atoms with E-state index in [1.54, 1.807) is 0 Å². The minimum Gasteiger partial charge on any atom is -0.330 e. The Balaban J connectivity index is 4.09. The van der Waals surface area contributed by atoms with Crippen LogP contribution in [0.2, 0.25) is 0 Å². The van der Waals surface area contributed by atoms with Crippen molar-refractivity contribution >= 4 is 5.78 Å². The summed E-state index contributed by atoms with van der Waals surface area (Å²) in [6.45, 7) is 8.72. The Kier molecular flexibility index (Phi) is 5.58. The second-order valence-corrected chi connectivity index (χ2v) is 3.63. The summed E-state index contributed by atoms with van der Waals surface area (Å²) in [7, 11) is 2.08. The van der Waals surface area contributed by atoms with Crippen LogP contribution in [0.3, 0.4) is 0 Å². The quantitative estimate of drug-likeness (QED) is 0.465. The molecule has 0 amide bonds. The molecule has 0 saturated heterocycles. The third-order valence-corrected chi connectivity index (χ3v) is 2.43. The maximum absolute atomic E-state index is 11.2. The minimum atomic E-state index is 0.112. The lowest BCUT2D eigenvalue weighted by Crippen LogP contribution is -2.48. The molecule has 0 saturated carbocycles. The number of quaternary nitrogens is 1. The zero-order valence-electron chi connectivity index (χ0n) is 8.75. The first kappa shape index (κ1) is 12.3. The molecule has 0 aliphatic carbocycles. The van der Waals surface area contributed by atoms with Crippen LogP contribution >= 0.6 is 0 Å². The summed E-state index contributed by atoms with van der Waals surface area (Å²) in [5.41, 5.74) is 5.44. The molecule has 0 heterocycles. The smallest absolute Gasteiger partial charge is 0.209 e. The number of carbonyl (C=O) groups is 1. The van der Waals surface area contributed by atoms with Crippen molar-refractivity contribution in [3.05, 3.63) is 12.7 Å². The van der Waals surface area contributed by atoms with Crippen LogP contribution in [0.15, 0.2) is 12.7 Å². The van der Waals surface area contributed by atoms with Crippen LogP contribution < -0.4 is 5.73 Å². The fourth-order valence-electron chi connectivity index (χ4n) is 1.26. The first-order valence-electron chi connectivity index (χ1n) is 4.77. The van der Waals surface area contributed by atoms with Crippen LogP contribution in [0.4, 0.5) is 0 Å². The molecule has 0 aliphatic rings. The molecule has 3 nitrogen and oxygen atoms in total. The molecule has 0 spiro atoms. The van der Waals surface area contributed by atoms with Gasteiger partial charge in [0, 0.05) is 6.42 Å². The highest BCUT2D eigenvalue weighted by Gasteiger charge is 2.20. The first-order valence-corrected chi connectivity index (χ1v) is 4.77. The Bertz CT molecular complexity index is 180. The van der Waals surface area contributed by atoms with Crippen LogP contribution in [-0.4, -0.2) is 43.5 Å². The van der Waals surface area contributed by atoms with Crippen molar-refractivity contribution in [2.75, 3.05) is 33.2 Å². The zero-order valence-corrected chi connectivity index (χ0v) is 8.75. The molecule has 2 N–H and O–H groups in total. The topological polar surface area (TPSA) is 43.1 Å². The second-order valence-electron chi connectivity index (χ2n) is 3.63. The van der Waals surface area contributed by atoms with E-state index in [4.69, 9.17) is 5.73 Å². The molecule has 13 heavy (non-hydrogen) atoms. The molecule has 0 radical (unpaired) electrons. The predicted octanol–water partition coefficient (Wildman–Crippen LogP) is 0.557. The van der Waals surface area contributed by atoms with Gasteiger partial charge in [0.2, 0.25) is 5.78 Å². The van der Waals surface area contributed by atoms with E-state index in [-0.39, 0.29) is 5.78 Å². The number of likely N-dealkylation sites (N-methyl/N-ethyl adjacent to an activating group) is 1. The van der Waals surface area contributed by atoms with Gasteiger partial charge in [-0.15, -0.1) is 0 Å². The SMILES string of the molecule is C=CC(=O)C[N+](C)(CC)CCCN. The van der Waals surface area contributed by atoms with E-state index in [9.17, 15) is 4.79 Å². The van der Waals surface area contributed by atoms with Crippen LogP contribution in [-0.2, 0) is 4.79 Å². The minimum absolute atomic E-state index is 0.112. The molecule has 0 aromatic heterocycles. The van der Waals surface area contributed by atoms with Gasteiger partial charge < -0.3 is 10.2 Å². The molecule has 3 heteroatoms. The Morgan fingerprint density at radius 1 is 1.62 bits per heavy atom. The summed E-state index contributed by atoms with van der Waals surface area (Å²) >= 11 is 0. The second kappa shape index (κ2) is 5.89. The van der Waals surface area contributed by atoms with Crippen molar-refractivity contribution in [3.8, 4) is 0 Å². The molecule has 0 aromatic rings. The predicted molar refractivity (Wildman–Crippen MR) is 55.3 cm³/mol. The zero-order chi connectivity index (χ0) is 10.3. The summed E-state index contributed by atoms with van der Waals surface area (Å²) in [6, 6.07) is 0. The van der Waals surface area contributed by atoms with E-state index in [0.717, 1.165) is 24.0 Å². The maximum Gasteiger partial charge on any atom is 0.209 e. The Morgan fingerprint density at radius 3 is 2.62 bits per heavy atom. The van der Waals surface area contributed by atoms with E-state index < -0.39 is 0 Å². The summed E-state index contributed by atoms with van der Waals surface area (Å²) in [5.74, 6) is 0.112. The van der Waals surface area contributed by atoms with E-state index >= 15 is 0 Å². The van der Waals surface area contributed by atoms with Crippen LogP contribution in [0, 0.1) is 0 Å². The van der Waals surface area contributed by atoms with Gasteiger partial charge in [-0.25, -0.2) is 0 Å². The lowest BCUT2D eigenvalue weighted by molar-refractivity contribution is -0.900. The fourth-order valence-corrected chi connectivity index (χ4v) is 1.26. The van der Waals surface area contributed by atoms with Gasteiger partial charge in [-0.05, 0) is 19.5 Å². The normalized spacial score (nSPS) is 15.0. The van der Waals surface area contributed by atoms with Gasteiger partial charge in [0.05, 0.1) is 20.1 Å². The highest BCUT2D eigenvalue weighted by molar-refractivity contribution is 5.90. The molecule has 0 fully saturated rings. The maximum atomic E-state index is 11.2. The Morgan fingerprint density at radius 2 is 2.23 bits per heavy atom. The van der Waals surface area contributed by atoms with Crippen LogP contribution in [0.25, 0.3) is 0 Å². The molecule has 0 aliphatic heterocycles. The number of nitrogens with zero attached hydrogens (tertiary/aromatic N) is 1. The number of hydrogen-bond acceptors (Lipinski definition) is 2. The number of hydrogen-bond donors (Lipinski definition) is 1. The number of ketones is 1. The number of rotatable bonds is 7. The average molecular weight is 185 g/mol. The molecule has 0 aromatic carbocycles. The summed E-state index contributed by atoms with van der Waals surface area (Å²) in [6.07, 6.45) is 2.36. The van der Waals surface area contributed by atoms with Crippen molar-refractivity contribution in [2.24, 2.45) is 5.73 Å². The monoisotopic (exact) mass is 185 g/mol. The lowest BCUT2D eigenvalue weighted by atomic mass is 10.2. The van der Waals surface area contributed by atoms with Crippen molar-refractivity contribution < 1.29 is 9.28 Å². The van der Waals surface area contributed by atoms with Crippen molar-refractivity contribution in [3.63, 3.8) is 0 Å². The van der Waals surface area contributed by atoms with Gasteiger partial charge in [-0.3, -0.25) is 4.79 Å². The molecule has 0 bridgehead atoms. The van der Waals surface area contributed by atoms with Crippen molar-refractivity contribution in [1.82, 2.24) is 0 Å². The van der Waals surface area contributed by atoms with Gasteiger partial charge in [-0.2, -0.15) is 0 Å². The van der Waals surface area contributed by atoms with Gasteiger partial charge >= 0.3 is 0 Å².